The van der Waals surface area contributed by atoms with Gasteiger partial charge in [-0.05, 0) is 36.8 Å². The molecule has 26 heavy (non-hydrogen) atoms. The predicted octanol–water partition coefficient (Wildman–Crippen LogP) is 2.75. The number of benzene rings is 2. The maximum absolute atomic E-state index is 12.2. The topological polar surface area (TPSA) is 101 Å². The number of nitro benzene ring substituents is 1. The molecule has 0 aliphatic rings. The minimum absolute atomic E-state index is 0.0201. The van der Waals surface area contributed by atoms with E-state index in [9.17, 15) is 19.7 Å². The monoisotopic (exact) mass is 373 g/mol. The van der Waals surface area contributed by atoms with Crippen molar-refractivity contribution in [3.8, 4) is 0 Å². The Morgan fingerprint density at radius 1 is 1.12 bits per heavy atom. The van der Waals surface area contributed by atoms with Gasteiger partial charge in [0.25, 0.3) is 11.6 Å². The molecule has 1 unspecified atom stereocenters. The number of carbonyl (C=O) groups is 2. The average Bonchev–Trinajstić information content (AvgIpc) is 2.66. The third-order valence-corrected chi connectivity index (χ3v) is 4.75. The van der Waals surface area contributed by atoms with E-state index in [1.165, 1.54) is 23.9 Å². The third-order valence-electron chi connectivity index (χ3n) is 3.64. The number of thioether (sulfide) groups is 1. The summed E-state index contributed by atoms with van der Waals surface area (Å²) < 4.78 is 0. The van der Waals surface area contributed by atoms with Crippen LogP contribution in [0.2, 0.25) is 0 Å². The fraction of sp³-hybridized carbons (Fsp3) is 0.222. The van der Waals surface area contributed by atoms with Crippen molar-refractivity contribution < 1.29 is 14.5 Å². The van der Waals surface area contributed by atoms with Crippen LogP contribution >= 0.6 is 11.8 Å². The SMILES string of the molecule is CNC(=O)c1ccc(CNC(=O)C(C)Sc2ccc([N+](=O)[O-])cc2)cc1. The molecule has 136 valence electrons. The normalized spacial score (nSPS) is 11.5. The second-order valence-electron chi connectivity index (χ2n) is 5.50. The number of amides is 2. The Balaban J connectivity index is 1.86. The van der Waals surface area contributed by atoms with E-state index < -0.39 is 4.92 Å². The van der Waals surface area contributed by atoms with Crippen LogP contribution < -0.4 is 10.6 Å². The molecule has 0 saturated carbocycles. The minimum atomic E-state index is -0.458. The van der Waals surface area contributed by atoms with Gasteiger partial charge in [-0.1, -0.05) is 12.1 Å². The van der Waals surface area contributed by atoms with Crippen LogP contribution in [-0.2, 0) is 11.3 Å². The molecule has 0 radical (unpaired) electrons. The van der Waals surface area contributed by atoms with Crippen LogP contribution in [0.3, 0.4) is 0 Å². The summed E-state index contributed by atoms with van der Waals surface area (Å²) in [6, 6.07) is 13.1. The number of rotatable bonds is 7. The van der Waals surface area contributed by atoms with E-state index in [1.54, 1.807) is 50.4 Å². The van der Waals surface area contributed by atoms with Crippen molar-refractivity contribution in [2.24, 2.45) is 0 Å². The highest BCUT2D eigenvalue weighted by Crippen LogP contribution is 2.25. The second kappa shape index (κ2) is 9.00. The van der Waals surface area contributed by atoms with E-state index in [-0.39, 0.29) is 22.8 Å². The lowest BCUT2D eigenvalue weighted by Gasteiger charge is -2.12. The number of hydrogen-bond donors (Lipinski definition) is 2. The minimum Gasteiger partial charge on any atom is -0.355 e. The maximum Gasteiger partial charge on any atom is 0.269 e. The molecule has 0 heterocycles. The lowest BCUT2D eigenvalue weighted by atomic mass is 10.1. The van der Waals surface area contributed by atoms with E-state index in [2.05, 4.69) is 10.6 Å². The number of hydrogen-bond acceptors (Lipinski definition) is 5. The highest BCUT2D eigenvalue weighted by Gasteiger charge is 2.15. The Bertz CT molecular complexity index is 791. The molecule has 0 fully saturated rings. The summed E-state index contributed by atoms with van der Waals surface area (Å²) >= 11 is 1.33. The number of nitro groups is 1. The smallest absolute Gasteiger partial charge is 0.269 e. The fourth-order valence-corrected chi connectivity index (χ4v) is 3.05. The predicted molar refractivity (Wildman–Crippen MR) is 100 cm³/mol. The number of non-ortho nitro benzene ring substituents is 1. The van der Waals surface area contributed by atoms with Gasteiger partial charge in [-0.25, -0.2) is 0 Å². The van der Waals surface area contributed by atoms with Crippen LogP contribution in [0.25, 0.3) is 0 Å². The lowest BCUT2D eigenvalue weighted by molar-refractivity contribution is -0.384. The summed E-state index contributed by atoms with van der Waals surface area (Å²) in [6.45, 7) is 2.13. The van der Waals surface area contributed by atoms with Crippen molar-refractivity contribution in [1.29, 1.82) is 0 Å². The Morgan fingerprint density at radius 2 is 1.73 bits per heavy atom. The van der Waals surface area contributed by atoms with Crippen LogP contribution in [0.4, 0.5) is 5.69 Å². The Labute approximate surface area is 155 Å². The van der Waals surface area contributed by atoms with Crippen molar-refractivity contribution in [2.75, 3.05) is 7.05 Å². The summed E-state index contributed by atoms with van der Waals surface area (Å²) in [5, 5.41) is 15.7. The van der Waals surface area contributed by atoms with Crippen LogP contribution in [0.15, 0.2) is 53.4 Å². The molecule has 8 heteroatoms. The molecule has 2 aromatic carbocycles. The largest absolute Gasteiger partial charge is 0.355 e. The number of nitrogens with zero attached hydrogens (tertiary/aromatic N) is 1. The fourth-order valence-electron chi connectivity index (χ4n) is 2.16. The van der Waals surface area contributed by atoms with Gasteiger partial charge in [0.1, 0.15) is 0 Å². The molecule has 0 aliphatic carbocycles. The highest BCUT2D eigenvalue weighted by molar-refractivity contribution is 8.00. The van der Waals surface area contributed by atoms with Crippen molar-refractivity contribution in [1.82, 2.24) is 10.6 Å². The van der Waals surface area contributed by atoms with Crippen molar-refractivity contribution in [3.63, 3.8) is 0 Å². The first kappa shape index (κ1) is 19.5. The summed E-state index contributed by atoms with van der Waals surface area (Å²) in [4.78, 5) is 34.7. The molecule has 0 aliphatic heterocycles. The second-order valence-corrected chi connectivity index (χ2v) is 6.92. The maximum atomic E-state index is 12.2. The van der Waals surface area contributed by atoms with E-state index >= 15 is 0 Å². The Kier molecular flexibility index (Phi) is 6.74. The lowest BCUT2D eigenvalue weighted by Crippen LogP contribution is -2.30. The van der Waals surface area contributed by atoms with Gasteiger partial charge in [-0.15, -0.1) is 11.8 Å². The number of nitrogens with one attached hydrogen (secondary N) is 2. The van der Waals surface area contributed by atoms with Gasteiger partial charge in [0.2, 0.25) is 5.91 Å². The van der Waals surface area contributed by atoms with E-state index in [4.69, 9.17) is 0 Å². The van der Waals surface area contributed by atoms with Gasteiger partial charge in [0.15, 0.2) is 0 Å². The number of carbonyl (C=O) groups excluding carboxylic acids is 2. The molecule has 0 bridgehead atoms. The van der Waals surface area contributed by atoms with E-state index in [1.807, 2.05) is 0 Å². The van der Waals surface area contributed by atoms with Gasteiger partial charge in [-0.2, -0.15) is 0 Å². The summed E-state index contributed by atoms with van der Waals surface area (Å²) in [5.41, 5.74) is 1.47. The Hall–Kier alpha value is -2.87. The van der Waals surface area contributed by atoms with Crippen LogP contribution in [0.1, 0.15) is 22.8 Å². The average molecular weight is 373 g/mol. The quantitative estimate of drug-likeness (QED) is 0.441. The van der Waals surface area contributed by atoms with Gasteiger partial charge >= 0.3 is 0 Å². The molecular formula is C18H19N3O4S. The van der Waals surface area contributed by atoms with Gasteiger partial charge in [0, 0.05) is 36.2 Å². The molecule has 2 aromatic rings. The zero-order valence-electron chi connectivity index (χ0n) is 14.4. The zero-order chi connectivity index (χ0) is 19.1. The molecule has 0 aromatic heterocycles. The van der Waals surface area contributed by atoms with Crippen molar-refractivity contribution >= 4 is 29.3 Å². The first-order chi connectivity index (χ1) is 12.4. The van der Waals surface area contributed by atoms with Crippen LogP contribution in [-0.4, -0.2) is 29.0 Å². The summed E-state index contributed by atoms with van der Waals surface area (Å²) in [7, 11) is 1.57. The van der Waals surface area contributed by atoms with Gasteiger partial charge in [0.05, 0.1) is 10.2 Å². The molecule has 1 atom stereocenters. The van der Waals surface area contributed by atoms with E-state index in [0.29, 0.717) is 12.1 Å². The Morgan fingerprint density at radius 3 is 2.27 bits per heavy atom. The van der Waals surface area contributed by atoms with Gasteiger partial charge < -0.3 is 10.6 Å². The molecule has 2 amide bonds. The zero-order valence-corrected chi connectivity index (χ0v) is 15.2. The van der Waals surface area contributed by atoms with Crippen molar-refractivity contribution in [3.05, 3.63) is 69.8 Å². The van der Waals surface area contributed by atoms with E-state index in [0.717, 1.165) is 10.5 Å². The first-order valence-corrected chi connectivity index (χ1v) is 8.78. The van der Waals surface area contributed by atoms with Crippen LogP contribution in [0.5, 0.6) is 0 Å². The van der Waals surface area contributed by atoms with Gasteiger partial charge in [-0.3, -0.25) is 19.7 Å². The molecule has 0 spiro atoms. The molecule has 2 rings (SSSR count). The summed E-state index contributed by atoms with van der Waals surface area (Å²) in [6.07, 6.45) is 0. The third kappa shape index (κ3) is 5.32. The molecule has 2 N–H and O–H groups in total. The van der Waals surface area contributed by atoms with Crippen molar-refractivity contribution in [2.45, 2.75) is 23.6 Å². The molecular weight excluding hydrogens is 354 g/mol. The standard InChI is InChI=1S/C18H19N3O4S/c1-12(26-16-9-7-15(8-10-16)21(24)25)17(22)20-11-13-3-5-14(6-4-13)18(23)19-2/h3-10,12H,11H2,1-2H3,(H,19,23)(H,20,22). The first-order valence-electron chi connectivity index (χ1n) is 7.90. The highest BCUT2D eigenvalue weighted by atomic mass is 32.2. The van der Waals surface area contributed by atoms with Crippen LogP contribution in [0, 0.1) is 10.1 Å². The molecule has 0 saturated heterocycles. The summed E-state index contributed by atoms with van der Waals surface area (Å²) in [5.74, 6) is -0.294. The molecule has 7 nitrogen and oxygen atoms in total.